The van der Waals surface area contributed by atoms with Crippen LogP contribution < -0.4 is 10.1 Å². The van der Waals surface area contributed by atoms with Gasteiger partial charge < -0.3 is 24.6 Å². The van der Waals surface area contributed by atoms with Gasteiger partial charge >= 0.3 is 18.2 Å². The molecule has 1 aromatic carbocycles. The van der Waals surface area contributed by atoms with Crippen LogP contribution in [-0.2, 0) is 14.3 Å². The number of hydrogen-bond acceptors (Lipinski definition) is 6. The average molecular weight is 349 g/mol. The molecule has 1 aromatic rings. The van der Waals surface area contributed by atoms with Gasteiger partial charge in [0.25, 0.3) is 0 Å². The molecule has 0 saturated heterocycles. The van der Waals surface area contributed by atoms with Crippen molar-refractivity contribution >= 4 is 18.2 Å². The molecule has 0 spiro atoms. The summed E-state index contributed by atoms with van der Waals surface area (Å²) in [6.45, 7) is 6.81. The Morgan fingerprint density at radius 3 is 2.48 bits per heavy atom. The van der Waals surface area contributed by atoms with Gasteiger partial charge in [-0.3, -0.25) is 4.79 Å². The number of benzene rings is 1. The Bertz CT molecular complexity index is 642. The number of hydrogen-bond donors (Lipinski definition) is 2. The highest BCUT2D eigenvalue weighted by atomic mass is 16.7. The first kappa shape index (κ1) is 19.8. The van der Waals surface area contributed by atoms with Crippen molar-refractivity contribution in [2.75, 3.05) is 13.2 Å². The third-order valence-electron chi connectivity index (χ3n) is 2.78. The minimum Gasteiger partial charge on any atom is -0.481 e. The highest BCUT2D eigenvalue weighted by molar-refractivity contribution is 5.72. The number of amides is 1. The van der Waals surface area contributed by atoms with Crippen LogP contribution in [0.15, 0.2) is 49.6 Å². The summed E-state index contributed by atoms with van der Waals surface area (Å²) in [5.74, 6) is -0.978. The van der Waals surface area contributed by atoms with E-state index in [-0.39, 0.29) is 25.4 Å². The smallest absolute Gasteiger partial charge is 0.481 e. The number of carboxylic acid groups (broad SMARTS) is 1. The summed E-state index contributed by atoms with van der Waals surface area (Å²) in [6.07, 6.45) is 0.676. The van der Waals surface area contributed by atoms with Crippen LogP contribution in [-0.4, -0.2) is 36.5 Å². The SMILES string of the molecule is C=CCOC(=O)NC(CC(=O)O)c1cccc(OC(=O)OCC=C)c1. The molecule has 1 unspecified atom stereocenters. The lowest BCUT2D eigenvalue weighted by atomic mass is 10.0. The third kappa shape index (κ3) is 7.69. The van der Waals surface area contributed by atoms with Gasteiger partial charge in [-0.1, -0.05) is 37.4 Å². The zero-order valence-corrected chi connectivity index (χ0v) is 13.5. The quantitative estimate of drug-likeness (QED) is 0.400. The Kier molecular flexibility index (Phi) is 8.28. The Morgan fingerprint density at radius 2 is 1.84 bits per heavy atom. The molecule has 134 valence electrons. The van der Waals surface area contributed by atoms with Gasteiger partial charge in [0, 0.05) is 0 Å². The molecule has 0 aliphatic heterocycles. The van der Waals surface area contributed by atoms with Crippen LogP contribution in [0.25, 0.3) is 0 Å². The van der Waals surface area contributed by atoms with Crippen molar-refractivity contribution in [2.45, 2.75) is 12.5 Å². The first-order valence-electron chi connectivity index (χ1n) is 7.27. The predicted molar refractivity (Wildman–Crippen MR) is 88.3 cm³/mol. The van der Waals surface area contributed by atoms with Crippen LogP contribution in [0.5, 0.6) is 5.75 Å². The zero-order valence-electron chi connectivity index (χ0n) is 13.5. The molecule has 0 aliphatic rings. The highest BCUT2D eigenvalue weighted by Crippen LogP contribution is 2.22. The fourth-order valence-corrected chi connectivity index (χ4v) is 1.79. The topological polar surface area (TPSA) is 111 Å². The summed E-state index contributed by atoms with van der Waals surface area (Å²) >= 11 is 0. The van der Waals surface area contributed by atoms with Crippen LogP contribution >= 0.6 is 0 Å². The molecule has 8 nitrogen and oxygen atoms in total. The van der Waals surface area contributed by atoms with Crippen molar-refractivity contribution in [1.82, 2.24) is 5.32 Å². The normalized spacial score (nSPS) is 10.9. The predicted octanol–water partition coefficient (Wildman–Crippen LogP) is 2.82. The molecule has 2 N–H and O–H groups in total. The molecule has 0 radical (unpaired) electrons. The van der Waals surface area contributed by atoms with Crippen LogP contribution in [0.2, 0.25) is 0 Å². The van der Waals surface area contributed by atoms with Crippen molar-refractivity contribution in [1.29, 1.82) is 0 Å². The van der Waals surface area contributed by atoms with E-state index in [0.29, 0.717) is 5.56 Å². The molecule has 0 aromatic heterocycles. The summed E-state index contributed by atoms with van der Waals surface area (Å²) in [7, 11) is 0. The zero-order chi connectivity index (χ0) is 18.7. The second-order valence-corrected chi connectivity index (χ2v) is 4.71. The molecule has 1 amide bonds. The van der Waals surface area contributed by atoms with Crippen LogP contribution in [0.1, 0.15) is 18.0 Å². The van der Waals surface area contributed by atoms with Gasteiger partial charge in [0.1, 0.15) is 19.0 Å². The average Bonchev–Trinajstić information content (AvgIpc) is 2.57. The maximum absolute atomic E-state index is 11.7. The van der Waals surface area contributed by atoms with Gasteiger partial charge in [-0.15, -0.1) is 0 Å². The van der Waals surface area contributed by atoms with E-state index in [4.69, 9.17) is 19.3 Å². The molecular weight excluding hydrogens is 330 g/mol. The molecule has 0 aliphatic carbocycles. The molecule has 0 fully saturated rings. The lowest BCUT2D eigenvalue weighted by Crippen LogP contribution is -2.30. The molecule has 0 bridgehead atoms. The number of rotatable bonds is 9. The molecule has 0 heterocycles. The third-order valence-corrected chi connectivity index (χ3v) is 2.78. The van der Waals surface area contributed by atoms with E-state index in [9.17, 15) is 14.4 Å². The van der Waals surface area contributed by atoms with Gasteiger partial charge in [-0.2, -0.15) is 0 Å². The summed E-state index contributed by atoms with van der Waals surface area (Å²) in [4.78, 5) is 34.1. The maximum atomic E-state index is 11.7. The number of ether oxygens (including phenoxy) is 3. The number of carbonyl (C=O) groups is 3. The van der Waals surface area contributed by atoms with E-state index in [1.165, 1.54) is 24.3 Å². The van der Waals surface area contributed by atoms with E-state index in [1.54, 1.807) is 12.1 Å². The summed E-state index contributed by atoms with van der Waals surface area (Å²) in [5.41, 5.74) is 0.423. The second-order valence-electron chi connectivity index (χ2n) is 4.71. The van der Waals surface area contributed by atoms with E-state index in [0.717, 1.165) is 0 Å². The molecule has 0 saturated carbocycles. The van der Waals surface area contributed by atoms with E-state index in [1.807, 2.05) is 0 Å². The van der Waals surface area contributed by atoms with Gasteiger partial charge in [-0.25, -0.2) is 9.59 Å². The first-order chi connectivity index (χ1) is 12.0. The summed E-state index contributed by atoms with van der Waals surface area (Å²) in [5, 5.41) is 11.5. The standard InChI is InChI=1S/C17H19NO7/c1-3-8-23-16(21)18-14(11-15(19)20)12-6-5-7-13(10-12)25-17(22)24-9-4-2/h3-7,10,14H,1-2,8-9,11H2,(H,18,21)(H,19,20). The van der Waals surface area contributed by atoms with Crippen LogP contribution in [0.4, 0.5) is 9.59 Å². The maximum Gasteiger partial charge on any atom is 0.514 e. The van der Waals surface area contributed by atoms with E-state index >= 15 is 0 Å². The largest absolute Gasteiger partial charge is 0.514 e. The van der Waals surface area contributed by atoms with Crippen molar-refractivity contribution in [3.8, 4) is 5.75 Å². The molecule has 25 heavy (non-hydrogen) atoms. The van der Waals surface area contributed by atoms with Crippen LogP contribution in [0.3, 0.4) is 0 Å². The van der Waals surface area contributed by atoms with Gasteiger partial charge in [0.05, 0.1) is 12.5 Å². The number of nitrogens with one attached hydrogen (secondary N) is 1. The van der Waals surface area contributed by atoms with E-state index < -0.39 is 24.3 Å². The molecule has 1 rings (SSSR count). The van der Waals surface area contributed by atoms with Crippen molar-refractivity contribution in [3.05, 3.63) is 55.1 Å². The summed E-state index contributed by atoms with van der Waals surface area (Å²) in [6, 6.07) is 5.19. The van der Waals surface area contributed by atoms with Crippen molar-refractivity contribution < 1.29 is 33.7 Å². The molecule has 8 heteroatoms. The Balaban J connectivity index is 2.86. The fourth-order valence-electron chi connectivity index (χ4n) is 1.79. The molecule has 1 atom stereocenters. The van der Waals surface area contributed by atoms with Crippen LogP contribution in [0, 0.1) is 0 Å². The minimum atomic E-state index is -1.12. The van der Waals surface area contributed by atoms with Gasteiger partial charge in [0.2, 0.25) is 0 Å². The Labute approximate surface area is 144 Å². The van der Waals surface area contributed by atoms with E-state index in [2.05, 4.69) is 18.5 Å². The van der Waals surface area contributed by atoms with Gasteiger partial charge in [-0.05, 0) is 17.7 Å². The second kappa shape index (κ2) is 10.5. The highest BCUT2D eigenvalue weighted by Gasteiger charge is 2.19. The van der Waals surface area contributed by atoms with Crippen molar-refractivity contribution in [3.63, 3.8) is 0 Å². The monoisotopic (exact) mass is 349 g/mol. The summed E-state index contributed by atoms with van der Waals surface area (Å²) < 4.78 is 14.5. The fraction of sp³-hybridized carbons (Fsp3) is 0.235. The van der Waals surface area contributed by atoms with Gasteiger partial charge in [0.15, 0.2) is 0 Å². The Morgan fingerprint density at radius 1 is 1.16 bits per heavy atom. The lowest BCUT2D eigenvalue weighted by Gasteiger charge is -2.17. The molecular formula is C17H19NO7. The minimum absolute atomic E-state index is 0.00311. The lowest BCUT2D eigenvalue weighted by molar-refractivity contribution is -0.137. The number of carboxylic acids is 1. The Hall–Kier alpha value is -3.29. The first-order valence-corrected chi connectivity index (χ1v) is 7.27. The number of carbonyl (C=O) groups excluding carboxylic acids is 2. The van der Waals surface area contributed by atoms with Crippen molar-refractivity contribution in [2.24, 2.45) is 0 Å². The number of aliphatic carboxylic acids is 1. The number of alkyl carbamates (subject to hydrolysis) is 1.